The number of alkyl halides is 4. The monoisotopic (exact) mass is 363 g/mol. The molecule has 0 radical (unpaired) electrons. The lowest BCUT2D eigenvalue weighted by Gasteiger charge is -2.25. The summed E-state index contributed by atoms with van der Waals surface area (Å²) in [4.78, 5) is 13.7. The van der Waals surface area contributed by atoms with Gasteiger partial charge >= 0.3 is 13.2 Å². The molecule has 0 aliphatic rings. The van der Waals surface area contributed by atoms with Crippen LogP contribution in [0.2, 0.25) is 0 Å². The summed E-state index contributed by atoms with van der Waals surface area (Å²) in [5, 5.41) is 0. The highest BCUT2D eigenvalue weighted by Gasteiger charge is 2.15. The molecular formula is C17H21F4NO3. The maximum atomic E-state index is 12.5. The number of nitrogens with zero attached hydrogens (tertiary/aromatic N) is 1. The number of hydrogen-bond donors (Lipinski definition) is 0. The van der Waals surface area contributed by atoms with E-state index >= 15 is 0 Å². The first kappa shape index (κ1) is 20.8. The molecule has 0 saturated carbocycles. The minimum absolute atomic E-state index is 0.0655. The molecule has 0 saturated heterocycles. The third-order valence-corrected chi connectivity index (χ3v) is 3.67. The SMILES string of the molecule is CCC(CC)N(C)C(=O)/C=C/c1ccc(OC(F)F)cc1OC(F)F. The van der Waals surface area contributed by atoms with Crippen molar-refractivity contribution in [2.75, 3.05) is 7.05 Å². The molecule has 0 aliphatic carbocycles. The molecule has 0 bridgehead atoms. The molecule has 0 aromatic heterocycles. The van der Waals surface area contributed by atoms with Crippen LogP contribution in [0.4, 0.5) is 17.6 Å². The summed E-state index contributed by atoms with van der Waals surface area (Å²) in [6, 6.07) is 3.43. The predicted molar refractivity (Wildman–Crippen MR) is 85.9 cm³/mol. The second kappa shape index (κ2) is 9.90. The van der Waals surface area contributed by atoms with Crippen molar-refractivity contribution in [3.63, 3.8) is 0 Å². The number of carbonyl (C=O) groups excluding carboxylic acids is 1. The summed E-state index contributed by atoms with van der Waals surface area (Å²) in [5.74, 6) is -0.977. The Morgan fingerprint density at radius 3 is 2.24 bits per heavy atom. The fourth-order valence-corrected chi connectivity index (χ4v) is 2.32. The lowest BCUT2D eigenvalue weighted by molar-refractivity contribution is -0.126. The summed E-state index contributed by atoms with van der Waals surface area (Å²) >= 11 is 0. The second-order valence-electron chi connectivity index (χ2n) is 5.21. The Kier molecular flexibility index (Phi) is 8.24. The lowest BCUT2D eigenvalue weighted by atomic mass is 10.1. The van der Waals surface area contributed by atoms with E-state index in [0.29, 0.717) is 0 Å². The lowest BCUT2D eigenvalue weighted by Crippen LogP contribution is -2.34. The zero-order valence-corrected chi connectivity index (χ0v) is 14.2. The molecule has 140 valence electrons. The smallest absolute Gasteiger partial charge is 0.387 e. The number of carbonyl (C=O) groups is 1. The molecule has 25 heavy (non-hydrogen) atoms. The zero-order valence-electron chi connectivity index (χ0n) is 14.2. The quantitative estimate of drug-likeness (QED) is 0.477. The maximum absolute atomic E-state index is 12.5. The Hall–Kier alpha value is -2.25. The van der Waals surface area contributed by atoms with E-state index in [-0.39, 0.29) is 29.0 Å². The van der Waals surface area contributed by atoms with Crippen molar-refractivity contribution >= 4 is 12.0 Å². The van der Waals surface area contributed by atoms with Crippen molar-refractivity contribution in [3.05, 3.63) is 29.8 Å². The van der Waals surface area contributed by atoms with Crippen LogP contribution in [-0.4, -0.2) is 37.1 Å². The van der Waals surface area contributed by atoms with Crippen LogP contribution in [0.5, 0.6) is 11.5 Å². The number of likely N-dealkylation sites (N-methyl/N-ethyl adjacent to an activating group) is 1. The molecule has 1 aromatic rings. The summed E-state index contributed by atoms with van der Waals surface area (Å²) in [6.07, 6.45) is 4.09. The molecule has 0 N–H and O–H groups in total. The Morgan fingerprint density at radius 1 is 1.12 bits per heavy atom. The van der Waals surface area contributed by atoms with Crippen LogP contribution in [0.25, 0.3) is 6.08 Å². The molecule has 1 aromatic carbocycles. The number of halogens is 4. The van der Waals surface area contributed by atoms with Gasteiger partial charge in [-0.2, -0.15) is 17.6 Å². The van der Waals surface area contributed by atoms with E-state index in [1.54, 1.807) is 11.9 Å². The van der Waals surface area contributed by atoms with Crippen molar-refractivity contribution in [1.82, 2.24) is 4.90 Å². The van der Waals surface area contributed by atoms with Crippen LogP contribution in [0.3, 0.4) is 0 Å². The first-order valence-corrected chi connectivity index (χ1v) is 7.77. The number of benzene rings is 1. The second-order valence-corrected chi connectivity index (χ2v) is 5.21. The van der Waals surface area contributed by atoms with E-state index in [9.17, 15) is 22.4 Å². The average molecular weight is 363 g/mol. The first-order chi connectivity index (χ1) is 11.8. The van der Waals surface area contributed by atoms with Crippen LogP contribution >= 0.6 is 0 Å². The molecule has 8 heteroatoms. The summed E-state index contributed by atoms with van der Waals surface area (Å²) in [7, 11) is 1.65. The van der Waals surface area contributed by atoms with Gasteiger partial charge in [0.25, 0.3) is 0 Å². The van der Waals surface area contributed by atoms with Crippen molar-refractivity contribution in [2.24, 2.45) is 0 Å². The Labute approximate surface area is 144 Å². The van der Waals surface area contributed by atoms with E-state index in [0.717, 1.165) is 18.9 Å². The molecule has 0 fully saturated rings. The van der Waals surface area contributed by atoms with Crippen LogP contribution in [0, 0.1) is 0 Å². The van der Waals surface area contributed by atoms with Gasteiger partial charge in [-0.25, -0.2) is 0 Å². The molecule has 1 rings (SSSR count). The van der Waals surface area contributed by atoms with Crippen molar-refractivity contribution < 1.29 is 31.8 Å². The van der Waals surface area contributed by atoms with Gasteiger partial charge in [0.1, 0.15) is 11.5 Å². The van der Waals surface area contributed by atoms with Gasteiger partial charge in [0, 0.05) is 30.8 Å². The van der Waals surface area contributed by atoms with E-state index < -0.39 is 13.2 Å². The fourth-order valence-electron chi connectivity index (χ4n) is 2.32. The fraction of sp³-hybridized carbons (Fsp3) is 0.471. The van der Waals surface area contributed by atoms with E-state index in [1.807, 2.05) is 13.8 Å². The van der Waals surface area contributed by atoms with Crippen LogP contribution < -0.4 is 9.47 Å². The van der Waals surface area contributed by atoms with Gasteiger partial charge in [0.2, 0.25) is 5.91 Å². The van der Waals surface area contributed by atoms with Gasteiger partial charge in [-0.15, -0.1) is 0 Å². The third kappa shape index (κ3) is 6.64. The molecule has 0 atom stereocenters. The minimum Gasteiger partial charge on any atom is -0.435 e. The van der Waals surface area contributed by atoms with Crippen molar-refractivity contribution in [2.45, 2.75) is 46.0 Å². The zero-order chi connectivity index (χ0) is 19.0. The topological polar surface area (TPSA) is 38.8 Å². The predicted octanol–water partition coefficient (Wildman–Crippen LogP) is 4.55. The molecule has 0 unspecified atom stereocenters. The van der Waals surface area contributed by atoms with Gasteiger partial charge in [-0.3, -0.25) is 4.79 Å². The first-order valence-electron chi connectivity index (χ1n) is 7.77. The van der Waals surface area contributed by atoms with E-state index in [4.69, 9.17) is 0 Å². The molecule has 0 aliphatic heterocycles. The van der Waals surface area contributed by atoms with E-state index in [1.165, 1.54) is 24.3 Å². The molecule has 0 spiro atoms. The number of ether oxygens (including phenoxy) is 2. The van der Waals surface area contributed by atoms with Crippen LogP contribution in [0.15, 0.2) is 24.3 Å². The minimum atomic E-state index is -3.14. The van der Waals surface area contributed by atoms with Crippen LogP contribution in [0.1, 0.15) is 32.3 Å². The summed E-state index contributed by atoms with van der Waals surface area (Å²) in [6.45, 7) is -2.32. The van der Waals surface area contributed by atoms with Crippen LogP contribution in [-0.2, 0) is 4.79 Å². The van der Waals surface area contributed by atoms with Crippen molar-refractivity contribution in [1.29, 1.82) is 0 Å². The van der Waals surface area contributed by atoms with Gasteiger partial charge in [-0.1, -0.05) is 13.8 Å². The number of rotatable bonds is 9. The Balaban J connectivity index is 3.00. The molecule has 1 amide bonds. The van der Waals surface area contributed by atoms with Gasteiger partial charge in [0.15, 0.2) is 0 Å². The number of hydrogen-bond acceptors (Lipinski definition) is 3. The highest BCUT2D eigenvalue weighted by molar-refractivity contribution is 5.92. The van der Waals surface area contributed by atoms with Gasteiger partial charge in [-0.05, 0) is 31.1 Å². The highest BCUT2D eigenvalue weighted by Crippen LogP contribution is 2.28. The Bertz CT molecular complexity index is 589. The summed E-state index contributed by atoms with van der Waals surface area (Å²) in [5.41, 5.74) is 0.146. The van der Waals surface area contributed by atoms with E-state index in [2.05, 4.69) is 9.47 Å². The normalized spacial score (nSPS) is 11.6. The third-order valence-electron chi connectivity index (χ3n) is 3.67. The van der Waals surface area contributed by atoms with Gasteiger partial charge in [0.05, 0.1) is 0 Å². The standard InChI is InChI=1S/C17H21F4NO3/c1-4-12(5-2)22(3)15(23)9-7-11-6-8-13(24-16(18)19)10-14(11)25-17(20)21/h6-10,12,16-17H,4-5H2,1-3H3/b9-7+. The molecule has 4 nitrogen and oxygen atoms in total. The van der Waals surface area contributed by atoms with Gasteiger partial charge < -0.3 is 14.4 Å². The highest BCUT2D eigenvalue weighted by atomic mass is 19.3. The average Bonchev–Trinajstić information content (AvgIpc) is 2.53. The largest absolute Gasteiger partial charge is 0.435 e. The Morgan fingerprint density at radius 2 is 1.72 bits per heavy atom. The molecular weight excluding hydrogens is 342 g/mol. The molecule has 0 heterocycles. The summed E-state index contributed by atoms with van der Waals surface area (Å²) < 4.78 is 57.9. The number of amides is 1. The maximum Gasteiger partial charge on any atom is 0.387 e. The van der Waals surface area contributed by atoms with Crippen molar-refractivity contribution in [3.8, 4) is 11.5 Å².